The molecule has 0 atom stereocenters. The number of aryl methyl sites for hydroxylation is 2. The highest BCUT2D eigenvalue weighted by molar-refractivity contribution is 6.32. The average molecular weight is 737 g/mol. The average Bonchev–Trinajstić information content (AvgIpc) is 3.39. The highest BCUT2D eigenvalue weighted by Crippen LogP contribution is 2.48. The lowest BCUT2D eigenvalue weighted by atomic mass is 10.1. The van der Waals surface area contributed by atoms with Gasteiger partial charge in [0.1, 0.15) is 5.82 Å². The van der Waals surface area contributed by atoms with Crippen LogP contribution in [0, 0.1) is 0 Å². The third-order valence-corrected chi connectivity index (χ3v) is 9.18. The number of quaternary nitrogens is 2. The predicted octanol–water partition coefficient (Wildman–Crippen LogP) is 8.69. The largest absolute Gasteiger partial charge is 0.418 e. The van der Waals surface area contributed by atoms with Crippen molar-refractivity contribution >= 4 is 51.7 Å². The van der Waals surface area contributed by atoms with Crippen LogP contribution in [0.15, 0.2) is 42.2 Å². The first kappa shape index (κ1) is 38.9. The summed E-state index contributed by atoms with van der Waals surface area (Å²) in [4.78, 5) is 3.82. The summed E-state index contributed by atoms with van der Waals surface area (Å²) in [6, 6.07) is 4.99. The standard InChI is InChI=1S/C35H47Cl2F6N6/c1-9-44-30-22-26(36)24(34(38,39)40)20-28(30)46(16-12-18-48(3,4)5)32(44)14-11-15-33-45(10-2)31-23-27(37)25(35(41,42)43)21-29(31)47(33)17-13-19-49(6,7)8/h11,14-15,20-23H,9-10,12-13,16-19H2,1-8H3/q+3. The molecule has 0 aliphatic carbocycles. The maximum Gasteiger partial charge on any atom is 0.418 e. The zero-order chi connectivity index (χ0) is 36.7. The number of rotatable bonds is 12. The fourth-order valence-electron chi connectivity index (χ4n) is 6.31. The van der Waals surface area contributed by atoms with Crippen molar-refractivity contribution in [3.05, 3.63) is 69.2 Å². The van der Waals surface area contributed by atoms with Gasteiger partial charge < -0.3 is 18.8 Å². The summed E-state index contributed by atoms with van der Waals surface area (Å²) < 4.78 is 89.0. The van der Waals surface area contributed by atoms with E-state index in [0.29, 0.717) is 82.0 Å². The molecule has 1 aliphatic rings. The molecular weight excluding hydrogens is 689 g/mol. The van der Waals surface area contributed by atoms with Gasteiger partial charge in [-0.2, -0.15) is 26.3 Å². The van der Waals surface area contributed by atoms with Gasteiger partial charge in [0.05, 0.1) is 101 Å². The summed E-state index contributed by atoms with van der Waals surface area (Å²) in [6.45, 7) is 7.31. The Morgan fingerprint density at radius 2 is 1.29 bits per heavy atom. The van der Waals surface area contributed by atoms with E-state index in [2.05, 4.69) is 42.3 Å². The maximum atomic E-state index is 14.0. The van der Waals surface area contributed by atoms with Crippen LogP contribution in [-0.4, -0.2) is 82.0 Å². The molecule has 49 heavy (non-hydrogen) atoms. The molecule has 0 spiro atoms. The third-order valence-electron chi connectivity index (χ3n) is 8.55. The van der Waals surface area contributed by atoms with Gasteiger partial charge in [-0.3, -0.25) is 0 Å². The van der Waals surface area contributed by atoms with Gasteiger partial charge in [0, 0.05) is 44.1 Å². The van der Waals surface area contributed by atoms with Gasteiger partial charge in [-0.15, -0.1) is 0 Å². The number of halogens is 8. The van der Waals surface area contributed by atoms with Gasteiger partial charge in [-0.25, -0.2) is 9.13 Å². The van der Waals surface area contributed by atoms with Crippen LogP contribution in [0.3, 0.4) is 0 Å². The zero-order valence-corrected chi connectivity index (χ0v) is 30.9. The number of benzene rings is 2. The predicted molar refractivity (Wildman–Crippen MR) is 187 cm³/mol. The number of imidazole rings is 1. The number of hydrogen-bond donors (Lipinski definition) is 0. The molecule has 14 heteroatoms. The third kappa shape index (κ3) is 8.87. The van der Waals surface area contributed by atoms with Crippen LogP contribution in [0.25, 0.3) is 17.1 Å². The van der Waals surface area contributed by atoms with Crippen molar-refractivity contribution in [2.24, 2.45) is 0 Å². The van der Waals surface area contributed by atoms with Gasteiger partial charge in [0.2, 0.25) is 0 Å². The quantitative estimate of drug-likeness (QED) is 0.105. The molecule has 270 valence electrons. The molecule has 2 aromatic carbocycles. The van der Waals surface area contributed by atoms with Crippen molar-refractivity contribution in [2.75, 3.05) is 78.3 Å². The molecule has 0 amide bonds. The molecule has 0 radical (unpaired) electrons. The van der Waals surface area contributed by atoms with Crippen molar-refractivity contribution in [1.29, 1.82) is 0 Å². The lowest BCUT2D eigenvalue weighted by Gasteiger charge is -2.27. The Hall–Kier alpha value is -2.93. The van der Waals surface area contributed by atoms with Gasteiger partial charge >= 0.3 is 12.4 Å². The molecule has 3 aromatic rings. The molecule has 0 N–H and O–H groups in total. The number of anilines is 2. The normalized spacial score (nSPS) is 15.5. The van der Waals surface area contributed by atoms with Crippen molar-refractivity contribution in [3.8, 4) is 0 Å². The Bertz CT molecular complexity index is 1730. The molecule has 6 nitrogen and oxygen atoms in total. The van der Waals surface area contributed by atoms with Crippen LogP contribution in [0.4, 0.5) is 37.7 Å². The zero-order valence-electron chi connectivity index (χ0n) is 29.4. The monoisotopic (exact) mass is 735 g/mol. The van der Waals surface area contributed by atoms with Crippen molar-refractivity contribution in [1.82, 2.24) is 4.57 Å². The fraction of sp³-hybridized carbons (Fsp3) is 0.514. The van der Waals surface area contributed by atoms with E-state index in [1.807, 2.05) is 51.0 Å². The van der Waals surface area contributed by atoms with Gasteiger partial charge in [-0.05, 0) is 32.1 Å². The minimum atomic E-state index is -4.62. The molecule has 1 aliphatic heterocycles. The number of nitrogens with zero attached hydrogens (tertiary/aromatic N) is 6. The summed E-state index contributed by atoms with van der Waals surface area (Å²) in [5, 5.41) is -0.737. The summed E-state index contributed by atoms with van der Waals surface area (Å²) in [7, 11) is 12.4. The number of fused-ring (bicyclic) bond motifs is 2. The summed E-state index contributed by atoms with van der Waals surface area (Å²) in [5.41, 5.74) is 0.225. The smallest absolute Gasteiger partial charge is 0.331 e. The highest BCUT2D eigenvalue weighted by Gasteiger charge is 2.39. The lowest BCUT2D eigenvalue weighted by Crippen LogP contribution is -2.41. The van der Waals surface area contributed by atoms with E-state index in [9.17, 15) is 26.3 Å². The number of hydrogen-bond acceptors (Lipinski definition) is 2. The van der Waals surface area contributed by atoms with E-state index in [-0.39, 0.29) is 10.0 Å². The van der Waals surface area contributed by atoms with Crippen molar-refractivity contribution in [2.45, 2.75) is 52.1 Å². The first-order valence-electron chi connectivity index (χ1n) is 16.3. The van der Waals surface area contributed by atoms with Crippen LogP contribution < -0.4 is 14.4 Å². The number of allylic oxidation sites excluding steroid dienone is 2. The van der Waals surface area contributed by atoms with Gasteiger partial charge in [0.15, 0.2) is 11.0 Å². The van der Waals surface area contributed by atoms with Crippen LogP contribution in [0.2, 0.25) is 10.0 Å². The molecule has 2 heterocycles. The van der Waals surface area contributed by atoms with Crippen molar-refractivity contribution in [3.63, 3.8) is 0 Å². The topological polar surface area (TPSA) is 15.3 Å². The Balaban J connectivity index is 1.87. The first-order valence-corrected chi connectivity index (χ1v) is 17.1. The number of aromatic nitrogens is 2. The fourth-order valence-corrected chi connectivity index (χ4v) is 6.84. The minimum absolute atomic E-state index is 0.368. The lowest BCUT2D eigenvalue weighted by molar-refractivity contribution is -0.873. The minimum Gasteiger partial charge on any atom is -0.331 e. The van der Waals surface area contributed by atoms with E-state index < -0.39 is 23.5 Å². The number of alkyl halides is 6. The molecule has 0 unspecified atom stereocenters. The Kier molecular flexibility index (Phi) is 11.4. The van der Waals surface area contributed by atoms with Crippen molar-refractivity contribution < 1.29 is 39.9 Å². The molecule has 4 rings (SSSR count). The molecule has 0 fully saturated rings. The van der Waals surface area contributed by atoms with Crippen LogP contribution >= 0.6 is 23.2 Å². The second-order valence-corrected chi connectivity index (χ2v) is 15.2. The van der Waals surface area contributed by atoms with Gasteiger partial charge in [0.25, 0.3) is 5.82 Å². The SMILES string of the molecule is CCN1C(=CC=Cc2n(CC)c3cc(Cl)c(C(F)(F)F)cc3[n+]2CCC[N+](C)(C)C)N(CCC[N+](C)(C)C)c2cc(C(F)(F)F)c(Cl)cc21. The first-order chi connectivity index (χ1) is 22.6. The van der Waals surface area contributed by atoms with Gasteiger partial charge in [-0.1, -0.05) is 29.3 Å². The molecule has 0 saturated heterocycles. The van der Waals surface area contributed by atoms with E-state index in [1.54, 1.807) is 0 Å². The van der Waals surface area contributed by atoms with Crippen LogP contribution in [0.1, 0.15) is 43.6 Å². The maximum absolute atomic E-state index is 14.0. The molecular formula is C35H47Cl2F6N6+3. The molecule has 0 bridgehead atoms. The van der Waals surface area contributed by atoms with E-state index in [4.69, 9.17) is 23.2 Å². The second-order valence-electron chi connectivity index (χ2n) is 14.4. The second kappa shape index (κ2) is 14.4. The molecule has 1 aromatic heterocycles. The Labute approximate surface area is 295 Å². The molecule has 0 saturated carbocycles. The Morgan fingerprint density at radius 3 is 1.84 bits per heavy atom. The summed E-state index contributed by atoms with van der Waals surface area (Å²) >= 11 is 12.4. The van der Waals surface area contributed by atoms with E-state index >= 15 is 0 Å². The van der Waals surface area contributed by atoms with Crippen LogP contribution in [0.5, 0.6) is 0 Å². The van der Waals surface area contributed by atoms with E-state index in [0.717, 1.165) is 25.2 Å². The van der Waals surface area contributed by atoms with Crippen LogP contribution in [-0.2, 0) is 25.4 Å². The van der Waals surface area contributed by atoms with E-state index in [1.165, 1.54) is 12.1 Å². The highest BCUT2D eigenvalue weighted by atomic mass is 35.5. The summed E-state index contributed by atoms with van der Waals surface area (Å²) in [5.74, 6) is 1.37. The summed E-state index contributed by atoms with van der Waals surface area (Å²) in [6.07, 6.45) is -2.31. The Morgan fingerprint density at radius 1 is 0.735 bits per heavy atom.